The van der Waals surface area contributed by atoms with Crippen molar-refractivity contribution < 1.29 is 0 Å². The van der Waals surface area contributed by atoms with E-state index in [0.717, 1.165) is 16.6 Å². The average molecular weight is 261 g/mol. The second-order valence-corrected chi connectivity index (χ2v) is 5.16. The van der Waals surface area contributed by atoms with Crippen molar-refractivity contribution in [2.75, 3.05) is 0 Å². The number of H-pyrrole nitrogens is 1. The number of hydrogen-bond donors (Lipinski definition) is 1. The van der Waals surface area contributed by atoms with Gasteiger partial charge in [-0.1, -0.05) is 19.9 Å². The van der Waals surface area contributed by atoms with Crippen molar-refractivity contribution in [2.45, 2.75) is 19.2 Å². The number of nitrogens with one attached hydrogen (secondary N) is 1. The summed E-state index contributed by atoms with van der Waals surface area (Å²) in [7, 11) is 0. The van der Waals surface area contributed by atoms with E-state index in [2.05, 4.69) is 33.8 Å². The van der Waals surface area contributed by atoms with E-state index in [1.54, 1.807) is 6.33 Å². The van der Waals surface area contributed by atoms with Crippen LogP contribution in [0.2, 0.25) is 0 Å². The van der Waals surface area contributed by atoms with Crippen molar-refractivity contribution in [3.8, 4) is 0 Å². The maximum absolute atomic E-state index is 6.37. The second kappa shape index (κ2) is 4.21. The predicted octanol–water partition coefficient (Wildman–Crippen LogP) is 3.44. The van der Waals surface area contributed by atoms with Crippen molar-refractivity contribution in [3.63, 3.8) is 0 Å². The van der Waals surface area contributed by atoms with E-state index >= 15 is 0 Å². The smallest absolute Gasteiger partial charge is 0.197 e. The highest BCUT2D eigenvalue weighted by Crippen LogP contribution is 2.30. The lowest BCUT2D eigenvalue weighted by atomic mass is 10.0. The Morgan fingerprint density at radius 2 is 2.00 bits per heavy atom. The van der Waals surface area contributed by atoms with E-state index < -0.39 is 0 Å². The lowest BCUT2D eigenvalue weighted by molar-refractivity contribution is 0.624. The van der Waals surface area contributed by atoms with Crippen LogP contribution in [-0.4, -0.2) is 19.9 Å². The molecule has 18 heavy (non-hydrogen) atoms. The number of aromatic nitrogens is 4. The molecule has 0 saturated carbocycles. The molecule has 0 bridgehead atoms. The first-order chi connectivity index (χ1) is 8.65. The van der Waals surface area contributed by atoms with Crippen LogP contribution in [0, 0.1) is 5.92 Å². The first-order valence-corrected chi connectivity index (χ1v) is 6.33. The van der Waals surface area contributed by atoms with Crippen LogP contribution < -0.4 is 0 Å². The minimum absolute atomic E-state index is 0.00587. The largest absolute Gasteiger partial charge is 0.328 e. The zero-order valence-corrected chi connectivity index (χ0v) is 10.9. The Balaban J connectivity index is 2.18. The summed E-state index contributed by atoms with van der Waals surface area (Å²) in [6.45, 7) is 4.21. The fraction of sp³-hybridized carbons (Fsp3) is 0.308. The van der Waals surface area contributed by atoms with Crippen LogP contribution in [0.15, 0.2) is 24.5 Å². The van der Waals surface area contributed by atoms with E-state index in [4.69, 9.17) is 11.6 Å². The fourth-order valence-electron chi connectivity index (χ4n) is 1.96. The third-order valence-corrected chi connectivity index (χ3v) is 3.72. The SMILES string of the molecule is CC(C)C(Cl)c1ccc2nc3nc[nH]c3nc2c1. The van der Waals surface area contributed by atoms with Gasteiger partial charge in [-0.2, -0.15) is 0 Å². The third kappa shape index (κ3) is 1.82. The highest BCUT2D eigenvalue weighted by molar-refractivity contribution is 6.21. The summed E-state index contributed by atoms with van der Waals surface area (Å²) >= 11 is 6.37. The van der Waals surface area contributed by atoms with Gasteiger partial charge >= 0.3 is 0 Å². The lowest BCUT2D eigenvalue weighted by Crippen LogP contribution is -1.99. The predicted molar refractivity (Wildman–Crippen MR) is 72.6 cm³/mol. The van der Waals surface area contributed by atoms with Gasteiger partial charge in [0, 0.05) is 0 Å². The minimum atomic E-state index is -0.00587. The maximum Gasteiger partial charge on any atom is 0.197 e. The van der Waals surface area contributed by atoms with Gasteiger partial charge < -0.3 is 4.98 Å². The van der Waals surface area contributed by atoms with Crippen LogP contribution in [0.25, 0.3) is 22.3 Å². The van der Waals surface area contributed by atoms with Crippen molar-refractivity contribution in [2.24, 2.45) is 5.92 Å². The monoisotopic (exact) mass is 260 g/mol. The van der Waals surface area contributed by atoms with E-state index in [-0.39, 0.29) is 5.38 Å². The van der Waals surface area contributed by atoms with E-state index in [0.29, 0.717) is 17.2 Å². The standard InChI is InChI=1S/C13H13ClN4/c1-7(2)11(14)8-3-4-9-10(5-8)18-13-12(17-9)15-6-16-13/h3-7,11H,1-2H3,(H,15,16,17,18). The van der Waals surface area contributed by atoms with Crippen LogP contribution in [0.5, 0.6) is 0 Å². The van der Waals surface area contributed by atoms with Gasteiger partial charge in [0.15, 0.2) is 11.3 Å². The molecule has 2 aromatic heterocycles. The summed E-state index contributed by atoms with van der Waals surface area (Å²) in [6.07, 6.45) is 1.60. The van der Waals surface area contributed by atoms with E-state index in [1.165, 1.54) is 0 Å². The summed E-state index contributed by atoms with van der Waals surface area (Å²) in [5.74, 6) is 0.382. The van der Waals surface area contributed by atoms with Crippen LogP contribution in [0.3, 0.4) is 0 Å². The Morgan fingerprint density at radius 1 is 1.17 bits per heavy atom. The number of aromatic amines is 1. The quantitative estimate of drug-likeness (QED) is 0.718. The first-order valence-electron chi connectivity index (χ1n) is 5.90. The van der Waals surface area contributed by atoms with Gasteiger partial charge in [0.05, 0.1) is 22.7 Å². The molecule has 2 heterocycles. The Kier molecular flexibility index (Phi) is 2.67. The van der Waals surface area contributed by atoms with Crippen molar-refractivity contribution in [1.82, 2.24) is 19.9 Å². The molecule has 1 atom stereocenters. The number of benzene rings is 1. The topological polar surface area (TPSA) is 54.5 Å². The van der Waals surface area contributed by atoms with Crippen LogP contribution in [0.4, 0.5) is 0 Å². The van der Waals surface area contributed by atoms with Gasteiger partial charge in [-0.15, -0.1) is 11.6 Å². The molecule has 5 heteroatoms. The second-order valence-electron chi connectivity index (χ2n) is 4.69. The zero-order chi connectivity index (χ0) is 12.7. The summed E-state index contributed by atoms with van der Waals surface area (Å²) in [6, 6.07) is 5.96. The molecule has 0 radical (unpaired) electrons. The van der Waals surface area contributed by atoms with Crippen LogP contribution in [-0.2, 0) is 0 Å². The van der Waals surface area contributed by atoms with Gasteiger partial charge in [0.25, 0.3) is 0 Å². The Bertz CT molecular complexity index is 704. The van der Waals surface area contributed by atoms with Gasteiger partial charge in [-0.05, 0) is 23.6 Å². The Morgan fingerprint density at radius 3 is 2.78 bits per heavy atom. The number of hydrogen-bond acceptors (Lipinski definition) is 3. The molecule has 0 amide bonds. The molecule has 3 aromatic rings. The molecule has 1 N–H and O–H groups in total. The highest BCUT2D eigenvalue weighted by Gasteiger charge is 2.13. The molecular weight excluding hydrogens is 248 g/mol. The molecule has 3 rings (SSSR count). The lowest BCUT2D eigenvalue weighted by Gasteiger charge is -2.13. The van der Waals surface area contributed by atoms with Gasteiger partial charge in [0.2, 0.25) is 0 Å². The molecule has 1 aromatic carbocycles. The molecule has 0 saturated heterocycles. The number of rotatable bonds is 2. The summed E-state index contributed by atoms with van der Waals surface area (Å²) < 4.78 is 0. The average Bonchev–Trinajstić information content (AvgIpc) is 2.81. The minimum Gasteiger partial charge on any atom is -0.328 e. The molecule has 0 aliphatic heterocycles. The van der Waals surface area contributed by atoms with Crippen LogP contribution >= 0.6 is 11.6 Å². The Hall–Kier alpha value is -1.68. The number of alkyl halides is 1. The number of halogens is 1. The summed E-state index contributed by atoms with van der Waals surface area (Å²) in [5.41, 5.74) is 4.10. The molecular formula is C13H13ClN4. The molecule has 0 aliphatic carbocycles. The van der Waals surface area contributed by atoms with Gasteiger partial charge in [-0.25, -0.2) is 15.0 Å². The number of nitrogens with zero attached hydrogens (tertiary/aromatic N) is 3. The van der Waals surface area contributed by atoms with E-state index in [9.17, 15) is 0 Å². The first kappa shape index (κ1) is 11.4. The maximum atomic E-state index is 6.37. The third-order valence-electron chi connectivity index (χ3n) is 2.96. The Labute approximate surface area is 109 Å². The molecule has 1 unspecified atom stereocenters. The van der Waals surface area contributed by atoms with Crippen LogP contribution in [0.1, 0.15) is 24.8 Å². The van der Waals surface area contributed by atoms with E-state index in [1.807, 2.05) is 18.2 Å². The fourth-order valence-corrected chi connectivity index (χ4v) is 2.10. The highest BCUT2D eigenvalue weighted by atomic mass is 35.5. The van der Waals surface area contributed by atoms with Crippen molar-refractivity contribution >= 4 is 33.9 Å². The molecule has 0 spiro atoms. The number of imidazole rings is 1. The van der Waals surface area contributed by atoms with Crippen molar-refractivity contribution in [1.29, 1.82) is 0 Å². The normalized spacial score (nSPS) is 13.6. The molecule has 92 valence electrons. The number of fused-ring (bicyclic) bond motifs is 2. The summed E-state index contributed by atoms with van der Waals surface area (Å²) in [4.78, 5) is 16.0. The van der Waals surface area contributed by atoms with Gasteiger partial charge in [-0.3, -0.25) is 0 Å². The van der Waals surface area contributed by atoms with Crippen molar-refractivity contribution in [3.05, 3.63) is 30.1 Å². The van der Waals surface area contributed by atoms with Gasteiger partial charge in [0.1, 0.15) is 0 Å². The zero-order valence-electron chi connectivity index (χ0n) is 10.2. The molecule has 4 nitrogen and oxygen atoms in total. The summed E-state index contributed by atoms with van der Waals surface area (Å²) in [5, 5.41) is -0.00587. The molecule has 0 fully saturated rings. The molecule has 0 aliphatic rings.